The second-order valence-corrected chi connectivity index (χ2v) is 6.21. The molecule has 0 aliphatic rings. The van der Waals surface area contributed by atoms with E-state index in [1.165, 1.54) is 0 Å². The molecule has 1 atom stereocenters. The number of hydrogen-bond acceptors (Lipinski definition) is 5. The molecule has 128 valence electrons. The molecule has 0 unspecified atom stereocenters. The van der Waals surface area contributed by atoms with Gasteiger partial charge < -0.3 is 0 Å². The van der Waals surface area contributed by atoms with Crippen LogP contribution in [0.1, 0.15) is 24.5 Å². The van der Waals surface area contributed by atoms with Crippen LogP contribution in [0.4, 0.5) is 0 Å². The number of hydrogen-bond donors (Lipinski definition) is 0. The molecule has 0 saturated heterocycles. The van der Waals surface area contributed by atoms with Crippen molar-refractivity contribution in [2.24, 2.45) is 0 Å². The summed E-state index contributed by atoms with van der Waals surface area (Å²) in [4.78, 5) is 9.28. The molecule has 0 radical (unpaired) electrons. The summed E-state index contributed by atoms with van der Waals surface area (Å²) in [5.41, 5.74) is 3.52. The van der Waals surface area contributed by atoms with Crippen molar-refractivity contribution >= 4 is 16.7 Å². The van der Waals surface area contributed by atoms with Crippen LogP contribution in [0.2, 0.25) is 0 Å². The van der Waals surface area contributed by atoms with Crippen LogP contribution in [0.15, 0.2) is 55.1 Å². The molecule has 0 spiro atoms. The van der Waals surface area contributed by atoms with Crippen molar-refractivity contribution in [3.8, 4) is 5.69 Å². The van der Waals surface area contributed by atoms with E-state index in [2.05, 4.69) is 20.3 Å². The Balaban J connectivity index is 1.66. The molecule has 8 nitrogen and oxygen atoms in total. The highest BCUT2D eigenvalue weighted by Crippen LogP contribution is 2.22. The third-order valence-electron chi connectivity index (χ3n) is 4.53. The fourth-order valence-corrected chi connectivity index (χ4v) is 3.17. The fourth-order valence-electron chi connectivity index (χ4n) is 3.17. The van der Waals surface area contributed by atoms with Crippen LogP contribution in [0.5, 0.6) is 0 Å². The molecule has 0 aliphatic heterocycles. The Morgan fingerprint density at radius 1 is 1.00 bits per heavy atom. The Hall–Kier alpha value is -3.55. The van der Waals surface area contributed by atoms with E-state index in [0.29, 0.717) is 5.82 Å². The fraction of sp³-hybridized carbons (Fsp3) is 0.167. The first-order valence-electron chi connectivity index (χ1n) is 8.37. The minimum absolute atomic E-state index is 0.0656. The molecule has 5 aromatic rings. The van der Waals surface area contributed by atoms with Gasteiger partial charge in [0, 0.05) is 11.9 Å². The van der Waals surface area contributed by atoms with E-state index in [0.717, 1.165) is 28.1 Å². The second kappa shape index (κ2) is 5.48. The Labute approximate surface area is 148 Å². The van der Waals surface area contributed by atoms with E-state index in [4.69, 9.17) is 4.98 Å². The zero-order chi connectivity index (χ0) is 17.7. The number of benzene rings is 1. The minimum atomic E-state index is -0.0656. The highest BCUT2D eigenvalue weighted by atomic mass is 15.4. The molecule has 5 rings (SSSR count). The summed E-state index contributed by atoms with van der Waals surface area (Å²) in [5.74, 6) is 0.693. The number of aryl methyl sites for hydroxylation is 1. The highest BCUT2D eigenvalue weighted by Gasteiger charge is 2.18. The Morgan fingerprint density at radius 3 is 2.62 bits per heavy atom. The number of rotatable bonds is 3. The van der Waals surface area contributed by atoms with Crippen LogP contribution in [0.25, 0.3) is 22.4 Å². The molecule has 26 heavy (non-hydrogen) atoms. The summed E-state index contributed by atoms with van der Waals surface area (Å²) in [6.07, 6.45) is 5.25. The van der Waals surface area contributed by atoms with Crippen molar-refractivity contribution in [3.63, 3.8) is 0 Å². The first-order chi connectivity index (χ1) is 12.7. The topological polar surface area (TPSA) is 78.7 Å². The summed E-state index contributed by atoms with van der Waals surface area (Å²) in [6.45, 7) is 4.05. The lowest BCUT2D eigenvalue weighted by atomic mass is 10.3. The third kappa shape index (κ3) is 2.12. The second-order valence-electron chi connectivity index (χ2n) is 6.21. The molecule has 4 aromatic heterocycles. The van der Waals surface area contributed by atoms with Crippen molar-refractivity contribution in [2.45, 2.75) is 19.9 Å². The van der Waals surface area contributed by atoms with Crippen LogP contribution in [0, 0.1) is 6.92 Å². The maximum Gasteiger partial charge on any atom is 0.176 e. The Morgan fingerprint density at radius 2 is 1.85 bits per heavy atom. The number of aromatic nitrogens is 8. The molecule has 4 heterocycles. The van der Waals surface area contributed by atoms with Gasteiger partial charge in [0.1, 0.15) is 12.4 Å². The first kappa shape index (κ1) is 14.8. The van der Waals surface area contributed by atoms with Crippen molar-refractivity contribution < 1.29 is 0 Å². The zero-order valence-electron chi connectivity index (χ0n) is 14.4. The van der Waals surface area contributed by atoms with Gasteiger partial charge in [0.2, 0.25) is 0 Å². The lowest BCUT2D eigenvalue weighted by Crippen LogP contribution is -2.11. The Bertz CT molecular complexity index is 1210. The van der Waals surface area contributed by atoms with Gasteiger partial charge in [-0.3, -0.25) is 4.68 Å². The van der Waals surface area contributed by atoms with Gasteiger partial charge in [0.15, 0.2) is 17.1 Å². The molecule has 0 fully saturated rings. The van der Waals surface area contributed by atoms with E-state index in [1.807, 2.05) is 59.6 Å². The van der Waals surface area contributed by atoms with Crippen LogP contribution >= 0.6 is 0 Å². The van der Waals surface area contributed by atoms with Gasteiger partial charge in [-0.25, -0.2) is 19.2 Å². The molecule has 8 heteroatoms. The van der Waals surface area contributed by atoms with E-state index in [-0.39, 0.29) is 6.04 Å². The van der Waals surface area contributed by atoms with Gasteiger partial charge in [-0.05, 0) is 32.0 Å². The first-order valence-corrected chi connectivity index (χ1v) is 8.37. The van der Waals surface area contributed by atoms with Crippen LogP contribution < -0.4 is 0 Å². The van der Waals surface area contributed by atoms with Gasteiger partial charge in [-0.2, -0.15) is 10.2 Å². The summed E-state index contributed by atoms with van der Waals surface area (Å²) in [7, 11) is 0. The lowest BCUT2D eigenvalue weighted by Gasteiger charge is -2.09. The van der Waals surface area contributed by atoms with Crippen LogP contribution in [-0.2, 0) is 0 Å². The maximum atomic E-state index is 4.74. The van der Waals surface area contributed by atoms with E-state index in [1.54, 1.807) is 23.2 Å². The number of nitrogens with zero attached hydrogens (tertiary/aromatic N) is 8. The maximum absolute atomic E-state index is 4.74. The average molecular weight is 344 g/mol. The van der Waals surface area contributed by atoms with Gasteiger partial charge in [0.25, 0.3) is 0 Å². The summed E-state index contributed by atoms with van der Waals surface area (Å²) >= 11 is 0. The molecule has 0 saturated carbocycles. The van der Waals surface area contributed by atoms with Crippen molar-refractivity contribution in [1.82, 2.24) is 39.1 Å². The van der Waals surface area contributed by atoms with Crippen molar-refractivity contribution in [2.75, 3.05) is 0 Å². The summed E-state index contributed by atoms with van der Waals surface area (Å²) in [5, 5.41) is 14.3. The predicted molar refractivity (Wildman–Crippen MR) is 96.2 cm³/mol. The van der Waals surface area contributed by atoms with Crippen LogP contribution in [0.3, 0.4) is 0 Å². The standard InChI is InChI=1S/C18H16N8/c1-12-8-9-20-25(12)13(2)16-22-18-15-10-21-26(14-6-4-3-5-7-14)17(15)19-11-24(18)23-16/h3-11,13H,1-2H3/t13-/m0/s1. The lowest BCUT2D eigenvalue weighted by molar-refractivity contribution is 0.523. The normalized spacial score (nSPS) is 12.8. The molecule has 0 aliphatic carbocycles. The molecular formula is C18H16N8. The van der Waals surface area contributed by atoms with Gasteiger partial charge in [-0.15, -0.1) is 5.10 Å². The largest absolute Gasteiger partial charge is 0.259 e. The molecule has 1 aromatic carbocycles. The number of fused-ring (bicyclic) bond motifs is 3. The minimum Gasteiger partial charge on any atom is -0.259 e. The average Bonchev–Trinajstić information content (AvgIpc) is 3.38. The van der Waals surface area contributed by atoms with Gasteiger partial charge in [0.05, 0.1) is 17.3 Å². The van der Waals surface area contributed by atoms with Crippen molar-refractivity contribution in [1.29, 1.82) is 0 Å². The molecule has 0 amide bonds. The van der Waals surface area contributed by atoms with E-state index in [9.17, 15) is 0 Å². The third-order valence-corrected chi connectivity index (χ3v) is 4.53. The smallest absolute Gasteiger partial charge is 0.176 e. The SMILES string of the molecule is Cc1ccnn1[C@@H](C)c1nc2c3cnn(-c4ccccc4)c3ncn2n1. The predicted octanol–water partition coefficient (Wildman–Crippen LogP) is 2.58. The molecule has 0 N–H and O–H groups in total. The number of para-hydroxylation sites is 1. The molecule has 0 bridgehead atoms. The molecular weight excluding hydrogens is 328 g/mol. The van der Waals surface area contributed by atoms with Gasteiger partial charge >= 0.3 is 0 Å². The van der Waals surface area contributed by atoms with Gasteiger partial charge in [-0.1, -0.05) is 18.2 Å². The quantitative estimate of drug-likeness (QED) is 0.503. The highest BCUT2D eigenvalue weighted by molar-refractivity contribution is 5.89. The summed E-state index contributed by atoms with van der Waals surface area (Å²) < 4.78 is 5.42. The summed E-state index contributed by atoms with van der Waals surface area (Å²) in [6, 6.07) is 11.8. The van der Waals surface area contributed by atoms with E-state index < -0.39 is 0 Å². The van der Waals surface area contributed by atoms with Crippen LogP contribution in [-0.4, -0.2) is 39.1 Å². The van der Waals surface area contributed by atoms with Crippen molar-refractivity contribution in [3.05, 3.63) is 66.6 Å². The monoisotopic (exact) mass is 344 g/mol. The zero-order valence-corrected chi connectivity index (χ0v) is 14.4. The Kier molecular flexibility index (Phi) is 3.11. The van der Waals surface area contributed by atoms with E-state index >= 15 is 0 Å².